The molecule has 2 aromatic heterocycles. The van der Waals surface area contributed by atoms with E-state index in [1.54, 1.807) is 42.5 Å². The highest BCUT2D eigenvalue weighted by atomic mass is 19.1. The van der Waals surface area contributed by atoms with Gasteiger partial charge in [-0.25, -0.2) is 19.2 Å². The first-order valence-corrected chi connectivity index (χ1v) is 13.7. The quantitative estimate of drug-likeness (QED) is 0.128. The molecule has 0 spiro atoms. The Hall–Kier alpha value is -5.89. The van der Waals surface area contributed by atoms with Crippen LogP contribution in [0.2, 0.25) is 0 Å². The Bertz CT molecular complexity index is 1870. The van der Waals surface area contributed by atoms with E-state index < -0.39 is 23.5 Å². The molecule has 5 N–H and O–H groups in total. The van der Waals surface area contributed by atoms with Gasteiger partial charge in [-0.15, -0.1) is 9.78 Å². The number of nitrogens with one attached hydrogen (secondary N) is 2. The first-order chi connectivity index (χ1) is 21.8. The number of carbonyl (C=O) groups excluding carboxylic acids is 1. The Morgan fingerprint density at radius 2 is 1.80 bits per heavy atom. The molecule has 0 radical (unpaired) electrons. The number of methoxy groups -OCH3 is 1. The molecule has 5 aromatic rings. The third kappa shape index (κ3) is 7.02. The molecule has 3 aromatic carbocycles. The Labute approximate surface area is 256 Å². The molecule has 0 aliphatic rings. The minimum atomic E-state index is -1.09. The predicted molar refractivity (Wildman–Crippen MR) is 163 cm³/mol. The molecule has 0 aliphatic carbocycles. The van der Waals surface area contributed by atoms with Crippen molar-refractivity contribution >= 4 is 17.4 Å². The molecule has 1 unspecified atom stereocenters. The van der Waals surface area contributed by atoms with E-state index in [2.05, 4.69) is 30.4 Å². The van der Waals surface area contributed by atoms with E-state index in [1.165, 1.54) is 31.6 Å². The van der Waals surface area contributed by atoms with Gasteiger partial charge in [0.05, 0.1) is 13.7 Å². The zero-order valence-electron chi connectivity index (χ0n) is 24.3. The number of benzene rings is 3. The van der Waals surface area contributed by atoms with E-state index in [4.69, 9.17) is 15.2 Å². The molecule has 13 nitrogen and oxygen atoms in total. The summed E-state index contributed by atoms with van der Waals surface area (Å²) in [5, 5.41) is 16.8. The molecular weight excluding hydrogens is 583 g/mol. The number of H-pyrrole nitrogens is 1. The molecule has 14 heteroatoms. The van der Waals surface area contributed by atoms with Crippen LogP contribution < -0.4 is 26.2 Å². The van der Waals surface area contributed by atoms with Crippen LogP contribution in [0.4, 0.5) is 10.1 Å². The van der Waals surface area contributed by atoms with E-state index in [0.717, 1.165) is 10.2 Å². The number of amides is 1. The monoisotopic (exact) mass is 612 g/mol. The number of ether oxygens (including phenoxy) is 2. The van der Waals surface area contributed by atoms with Gasteiger partial charge in [-0.1, -0.05) is 17.7 Å². The summed E-state index contributed by atoms with van der Waals surface area (Å²) in [6.45, 7) is 1.42. The van der Waals surface area contributed by atoms with Gasteiger partial charge in [0.1, 0.15) is 24.2 Å². The highest BCUT2D eigenvalue weighted by Crippen LogP contribution is 2.35. The number of aryl methyl sites for hydroxylation is 1. The van der Waals surface area contributed by atoms with Crippen molar-refractivity contribution < 1.29 is 23.8 Å². The van der Waals surface area contributed by atoms with Crippen molar-refractivity contribution in [2.45, 2.75) is 13.0 Å². The third-order valence-corrected chi connectivity index (χ3v) is 6.60. The molecule has 0 aliphatic heterocycles. The van der Waals surface area contributed by atoms with Gasteiger partial charge in [-0.2, -0.15) is 4.99 Å². The number of anilines is 1. The fraction of sp³-hybridized carbons (Fsp3) is 0.161. The van der Waals surface area contributed by atoms with Crippen LogP contribution >= 0.6 is 0 Å². The highest BCUT2D eigenvalue weighted by Gasteiger charge is 2.27. The first-order valence-electron chi connectivity index (χ1n) is 13.7. The number of aliphatic hydroxyl groups is 1. The molecule has 230 valence electrons. The number of carbonyl (C=O) groups is 1. The number of nitrogens with two attached hydrogens (primary N) is 1. The molecule has 45 heavy (non-hydrogen) atoms. The maximum absolute atomic E-state index is 15.9. The fourth-order valence-electron chi connectivity index (χ4n) is 4.32. The maximum atomic E-state index is 15.9. The standard InChI is InChI=1S/C31H29FN8O5/c1-18-4-6-20(7-5-18)29(42)37-27(33)19-8-10-21(11-9-19)36-26(23-16-22(44-2)17-24(25(23)32)45-15-14-41)28-38-31(43)40(39-28)30-34-12-3-13-35-30/h3-13,16-17,26,36,41H,14-15H2,1-2H3,(H2,33,37,42)(H,38,39,43). The summed E-state index contributed by atoms with van der Waals surface area (Å²) in [5.74, 6) is -1.10. The summed E-state index contributed by atoms with van der Waals surface area (Å²) in [6, 6.07) is 16.8. The Balaban J connectivity index is 1.51. The highest BCUT2D eigenvalue weighted by molar-refractivity contribution is 6.08. The fourth-order valence-corrected chi connectivity index (χ4v) is 4.32. The van der Waals surface area contributed by atoms with Gasteiger partial charge in [0.2, 0.25) is 0 Å². The van der Waals surface area contributed by atoms with Crippen molar-refractivity contribution in [1.82, 2.24) is 24.7 Å². The Morgan fingerprint density at radius 1 is 1.11 bits per heavy atom. The molecule has 0 bridgehead atoms. The van der Waals surface area contributed by atoms with Crippen molar-refractivity contribution in [3.05, 3.63) is 124 Å². The second-order valence-electron chi connectivity index (χ2n) is 9.70. The van der Waals surface area contributed by atoms with E-state index in [0.29, 0.717) is 16.8 Å². The van der Waals surface area contributed by atoms with Crippen molar-refractivity contribution in [3.63, 3.8) is 0 Å². The van der Waals surface area contributed by atoms with Gasteiger partial charge in [0.25, 0.3) is 11.9 Å². The second kappa shape index (κ2) is 13.6. The number of rotatable bonds is 11. The maximum Gasteiger partial charge on any atom is 0.350 e. The van der Waals surface area contributed by atoms with Crippen LogP contribution in [-0.4, -0.2) is 61.9 Å². The molecule has 1 amide bonds. The topological polar surface area (TPSA) is 183 Å². The predicted octanol–water partition coefficient (Wildman–Crippen LogP) is 2.93. The normalized spacial score (nSPS) is 12.0. The van der Waals surface area contributed by atoms with Gasteiger partial charge >= 0.3 is 5.69 Å². The number of hydrogen-bond donors (Lipinski definition) is 4. The number of aromatic nitrogens is 5. The summed E-state index contributed by atoms with van der Waals surface area (Å²) >= 11 is 0. The summed E-state index contributed by atoms with van der Waals surface area (Å²) in [6.07, 6.45) is 2.91. The van der Waals surface area contributed by atoms with Crippen molar-refractivity contribution in [1.29, 1.82) is 0 Å². The van der Waals surface area contributed by atoms with Gasteiger partial charge in [-0.3, -0.25) is 9.78 Å². The van der Waals surface area contributed by atoms with Crippen LogP contribution in [0, 0.1) is 12.7 Å². The van der Waals surface area contributed by atoms with E-state index >= 15 is 4.39 Å². The van der Waals surface area contributed by atoms with Gasteiger partial charge in [0, 0.05) is 40.8 Å². The Kier molecular flexibility index (Phi) is 9.24. The number of aromatic amines is 1. The molecule has 1 atom stereocenters. The van der Waals surface area contributed by atoms with Crippen LogP contribution in [0.3, 0.4) is 0 Å². The average Bonchev–Trinajstić information content (AvgIpc) is 3.45. The molecule has 0 saturated heterocycles. The summed E-state index contributed by atoms with van der Waals surface area (Å²) < 4.78 is 27.6. The molecule has 5 rings (SSSR count). The zero-order valence-corrected chi connectivity index (χ0v) is 24.3. The van der Waals surface area contributed by atoms with Crippen LogP contribution in [-0.2, 0) is 0 Å². The largest absolute Gasteiger partial charge is 0.497 e. The van der Waals surface area contributed by atoms with E-state index in [1.807, 2.05) is 19.1 Å². The van der Waals surface area contributed by atoms with Crippen LogP contribution in [0.5, 0.6) is 11.5 Å². The van der Waals surface area contributed by atoms with Gasteiger partial charge in [0.15, 0.2) is 17.4 Å². The first kappa shape index (κ1) is 30.6. The van der Waals surface area contributed by atoms with E-state index in [9.17, 15) is 14.7 Å². The van der Waals surface area contributed by atoms with Crippen molar-refractivity contribution in [2.75, 3.05) is 25.6 Å². The minimum Gasteiger partial charge on any atom is -0.497 e. The molecule has 0 saturated carbocycles. The molecular formula is C31H29FN8O5. The third-order valence-electron chi connectivity index (χ3n) is 6.60. The number of nitrogens with zero attached hydrogens (tertiary/aromatic N) is 5. The number of halogens is 1. The molecule has 2 heterocycles. The van der Waals surface area contributed by atoms with E-state index in [-0.39, 0.29) is 47.9 Å². The number of aliphatic hydroxyl groups excluding tert-OH is 1. The summed E-state index contributed by atoms with van der Waals surface area (Å²) in [5.41, 5.74) is 7.87. The van der Waals surface area contributed by atoms with Crippen LogP contribution in [0.15, 0.2) is 88.9 Å². The lowest BCUT2D eigenvalue weighted by atomic mass is 10.0. The Morgan fingerprint density at radius 3 is 2.47 bits per heavy atom. The second-order valence-corrected chi connectivity index (χ2v) is 9.70. The lowest BCUT2D eigenvalue weighted by Crippen LogP contribution is -2.18. The molecule has 0 fully saturated rings. The van der Waals surface area contributed by atoms with Crippen molar-refractivity contribution in [2.24, 2.45) is 10.7 Å². The van der Waals surface area contributed by atoms with Crippen LogP contribution in [0.1, 0.15) is 38.9 Å². The lowest BCUT2D eigenvalue weighted by Gasteiger charge is -2.21. The summed E-state index contributed by atoms with van der Waals surface area (Å²) in [4.78, 5) is 40.3. The van der Waals surface area contributed by atoms with Gasteiger partial charge < -0.3 is 25.6 Å². The van der Waals surface area contributed by atoms with Crippen LogP contribution in [0.25, 0.3) is 5.95 Å². The SMILES string of the molecule is COc1cc(OCCO)c(F)c(C(Nc2ccc(C(N)=NC(=O)c3ccc(C)cc3)cc2)c2nn(-c3ncccn3)c(=O)[nH]2)c1. The number of hydrogen-bond acceptors (Lipinski definition) is 9. The average molecular weight is 613 g/mol. The lowest BCUT2D eigenvalue weighted by molar-refractivity contribution is 0.100. The number of aliphatic imine (C=N–C) groups is 1. The smallest absolute Gasteiger partial charge is 0.350 e. The number of amidine groups is 1. The zero-order chi connectivity index (χ0) is 31.9. The van der Waals surface area contributed by atoms with Gasteiger partial charge in [-0.05, 0) is 55.5 Å². The minimum absolute atomic E-state index is 0.0131. The van der Waals surface area contributed by atoms with Crippen molar-refractivity contribution in [3.8, 4) is 17.4 Å². The summed E-state index contributed by atoms with van der Waals surface area (Å²) in [7, 11) is 1.41.